The number of hydrazone groups is 1. The average Bonchev–Trinajstić information content (AvgIpc) is 3.46. The Morgan fingerprint density at radius 1 is 0.848 bits per heavy atom. The number of carbonyl (C=O) groups is 1. The van der Waals surface area contributed by atoms with E-state index in [4.69, 9.17) is 65.7 Å². The monoisotopic (exact) mass is 698 g/mol. The van der Waals surface area contributed by atoms with Gasteiger partial charge in [0.25, 0.3) is 0 Å². The lowest BCUT2D eigenvalue weighted by Gasteiger charge is -2.33. The fraction of sp³-hybridized carbons (Fsp3) is 0.235. The molecule has 8 nitrogen and oxygen atoms in total. The number of methoxy groups -OCH3 is 1. The summed E-state index contributed by atoms with van der Waals surface area (Å²) in [5.41, 5.74) is 3.92. The highest BCUT2D eigenvalue weighted by atomic mass is 35.5. The van der Waals surface area contributed by atoms with E-state index >= 15 is 0 Å². The third-order valence-electron chi connectivity index (χ3n) is 7.76. The van der Waals surface area contributed by atoms with Crippen molar-refractivity contribution in [3.63, 3.8) is 0 Å². The lowest BCUT2D eigenvalue weighted by molar-refractivity contribution is -0.111. The van der Waals surface area contributed by atoms with E-state index in [0.29, 0.717) is 50.5 Å². The molecule has 1 atom stereocenters. The number of nitrogens with zero attached hydrogens (tertiary/aromatic N) is 4. The predicted octanol–water partition coefficient (Wildman–Crippen LogP) is 8.65. The molecule has 2 heterocycles. The van der Waals surface area contributed by atoms with Crippen LogP contribution in [0, 0.1) is 0 Å². The van der Waals surface area contributed by atoms with E-state index < -0.39 is 6.17 Å². The van der Waals surface area contributed by atoms with E-state index in [1.807, 2.05) is 59.5 Å². The number of halogens is 4. The molecule has 0 saturated carbocycles. The lowest BCUT2D eigenvalue weighted by Crippen LogP contribution is -2.38. The van der Waals surface area contributed by atoms with E-state index in [0.717, 1.165) is 35.6 Å². The number of benzene rings is 4. The van der Waals surface area contributed by atoms with Gasteiger partial charge < -0.3 is 19.1 Å². The van der Waals surface area contributed by atoms with Crippen LogP contribution in [0.2, 0.25) is 20.1 Å². The number of Topliss-reactive ketones (excluding diaryl/α,β-unsaturated/α-hetero) is 1. The highest BCUT2D eigenvalue weighted by Gasteiger charge is 2.40. The SMILES string of the molecule is COc1cc(C2N(c3ccc(Cl)cc3)N=C(C(C)=O)N2c2ccc(N3CCOCC3)c(Cl)c2)ccc1OCc1ccc(Cl)cc1Cl. The van der Waals surface area contributed by atoms with Gasteiger partial charge in [0, 0.05) is 51.9 Å². The van der Waals surface area contributed by atoms with E-state index in [2.05, 4.69) is 4.90 Å². The van der Waals surface area contributed by atoms with Crippen LogP contribution in [-0.2, 0) is 16.1 Å². The number of rotatable bonds is 9. The Kier molecular flexibility index (Phi) is 9.82. The van der Waals surface area contributed by atoms with Crippen LogP contribution in [0.25, 0.3) is 0 Å². The Hall–Kier alpha value is -3.66. The first kappa shape index (κ1) is 32.3. The maximum atomic E-state index is 13.1. The minimum Gasteiger partial charge on any atom is -0.493 e. The molecule has 0 spiro atoms. The molecule has 2 aliphatic rings. The zero-order chi connectivity index (χ0) is 32.4. The van der Waals surface area contributed by atoms with Gasteiger partial charge in [0.15, 0.2) is 29.3 Å². The molecular formula is C34H30Cl4N4O4. The first-order valence-electron chi connectivity index (χ1n) is 14.5. The number of amidine groups is 1. The molecule has 238 valence electrons. The third-order valence-corrected chi connectivity index (χ3v) is 8.90. The molecule has 2 aliphatic heterocycles. The second-order valence-electron chi connectivity index (χ2n) is 10.7. The van der Waals surface area contributed by atoms with Crippen molar-refractivity contribution in [1.29, 1.82) is 0 Å². The Bertz CT molecular complexity index is 1780. The second kappa shape index (κ2) is 14.0. The first-order valence-corrected chi connectivity index (χ1v) is 16.0. The van der Waals surface area contributed by atoms with Crippen LogP contribution in [-0.4, -0.2) is 45.0 Å². The van der Waals surface area contributed by atoms with E-state index in [1.54, 1.807) is 36.4 Å². The minimum absolute atomic E-state index is 0.207. The van der Waals surface area contributed by atoms with Gasteiger partial charge in [-0.3, -0.25) is 9.69 Å². The largest absolute Gasteiger partial charge is 0.493 e. The average molecular weight is 700 g/mol. The van der Waals surface area contributed by atoms with Gasteiger partial charge in [0.1, 0.15) is 6.61 Å². The third kappa shape index (κ3) is 6.73. The minimum atomic E-state index is -0.584. The van der Waals surface area contributed by atoms with Gasteiger partial charge in [0.2, 0.25) is 0 Å². The number of hydrogen-bond donors (Lipinski definition) is 0. The van der Waals surface area contributed by atoms with Crippen molar-refractivity contribution in [3.8, 4) is 11.5 Å². The molecular weight excluding hydrogens is 670 g/mol. The summed E-state index contributed by atoms with van der Waals surface area (Å²) < 4.78 is 17.4. The summed E-state index contributed by atoms with van der Waals surface area (Å²) in [4.78, 5) is 17.2. The smallest absolute Gasteiger partial charge is 0.198 e. The standard InChI is InChI=1S/C34H30Cl4N4O4/c1-21(43)33-39-42(26-8-6-24(35)7-9-26)34(41(33)27-10-11-30(29(38)19-27)40-13-15-45-16-14-40)22-4-12-31(32(17-22)44-2)46-20-23-3-5-25(36)18-28(23)37/h3-12,17-19,34H,13-16,20H2,1-2H3. The second-order valence-corrected chi connectivity index (χ2v) is 12.4. The summed E-state index contributed by atoms with van der Waals surface area (Å²) in [6.45, 7) is 4.47. The molecule has 0 N–H and O–H groups in total. The summed E-state index contributed by atoms with van der Waals surface area (Å²) in [5.74, 6) is 1.06. The number of anilines is 3. The van der Waals surface area contributed by atoms with Crippen LogP contribution < -0.4 is 24.3 Å². The Labute approximate surface area is 287 Å². The number of hydrogen-bond acceptors (Lipinski definition) is 8. The fourth-order valence-electron chi connectivity index (χ4n) is 5.48. The summed E-state index contributed by atoms with van der Waals surface area (Å²) in [6.07, 6.45) is -0.584. The molecule has 0 amide bonds. The Morgan fingerprint density at radius 3 is 2.24 bits per heavy atom. The molecule has 6 rings (SSSR count). The van der Waals surface area contributed by atoms with E-state index in [1.165, 1.54) is 6.92 Å². The summed E-state index contributed by atoms with van der Waals surface area (Å²) >= 11 is 25.5. The summed E-state index contributed by atoms with van der Waals surface area (Å²) in [7, 11) is 1.58. The lowest BCUT2D eigenvalue weighted by atomic mass is 10.1. The van der Waals surface area contributed by atoms with Gasteiger partial charge in [-0.1, -0.05) is 58.5 Å². The highest BCUT2D eigenvalue weighted by Crippen LogP contribution is 2.43. The molecule has 0 aliphatic carbocycles. The first-order chi connectivity index (χ1) is 22.2. The zero-order valence-corrected chi connectivity index (χ0v) is 28.1. The van der Waals surface area contributed by atoms with Crippen LogP contribution in [0.15, 0.2) is 84.0 Å². The van der Waals surface area contributed by atoms with Gasteiger partial charge in [-0.25, -0.2) is 5.01 Å². The van der Waals surface area contributed by atoms with Crippen LogP contribution in [0.1, 0.15) is 24.2 Å². The van der Waals surface area contributed by atoms with Gasteiger partial charge in [0.05, 0.1) is 36.7 Å². The van der Waals surface area contributed by atoms with Crippen molar-refractivity contribution in [1.82, 2.24) is 0 Å². The van der Waals surface area contributed by atoms with Crippen molar-refractivity contribution < 1.29 is 19.0 Å². The molecule has 0 radical (unpaired) electrons. The van der Waals surface area contributed by atoms with E-state index in [9.17, 15) is 4.79 Å². The van der Waals surface area contributed by atoms with Crippen molar-refractivity contribution in [3.05, 3.63) is 110 Å². The van der Waals surface area contributed by atoms with Gasteiger partial charge in [-0.2, -0.15) is 0 Å². The van der Waals surface area contributed by atoms with Crippen molar-refractivity contribution in [2.75, 3.05) is 48.2 Å². The van der Waals surface area contributed by atoms with Crippen LogP contribution in [0.3, 0.4) is 0 Å². The number of ether oxygens (including phenoxy) is 3. The number of morpholine rings is 1. The van der Waals surface area contributed by atoms with Gasteiger partial charge >= 0.3 is 0 Å². The highest BCUT2D eigenvalue weighted by molar-refractivity contribution is 6.44. The molecule has 0 bridgehead atoms. The summed E-state index contributed by atoms with van der Waals surface area (Å²) in [6, 6.07) is 24.0. The Morgan fingerprint density at radius 2 is 1.57 bits per heavy atom. The molecule has 4 aromatic rings. The molecule has 1 unspecified atom stereocenters. The maximum absolute atomic E-state index is 13.1. The van der Waals surface area contributed by atoms with Crippen molar-refractivity contribution >= 4 is 75.1 Å². The van der Waals surface area contributed by atoms with Crippen molar-refractivity contribution in [2.24, 2.45) is 5.10 Å². The normalized spacial score (nSPS) is 16.4. The van der Waals surface area contributed by atoms with Crippen LogP contribution >= 0.6 is 46.4 Å². The Balaban J connectivity index is 1.40. The number of ketones is 1. The molecule has 12 heteroatoms. The zero-order valence-electron chi connectivity index (χ0n) is 25.1. The van der Waals surface area contributed by atoms with Gasteiger partial charge in [-0.05, 0) is 66.7 Å². The fourth-order valence-corrected chi connectivity index (χ4v) is 6.36. The number of carbonyl (C=O) groups excluding carboxylic acids is 1. The van der Waals surface area contributed by atoms with Gasteiger partial charge in [-0.15, -0.1) is 5.10 Å². The molecule has 46 heavy (non-hydrogen) atoms. The predicted molar refractivity (Wildman–Crippen MR) is 186 cm³/mol. The molecule has 4 aromatic carbocycles. The van der Waals surface area contributed by atoms with Crippen LogP contribution in [0.4, 0.5) is 17.1 Å². The molecule has 0 aromatic heterocycles. The maximum Gasteiger partial charge on any atom is 0.198 e. The summed E-state index contributed by atoms with van der Waals surface area (Å²) in [5, 5.41) is 8.83. The molecule has 1 saturated heterocycles. The quantitative estimate of drug-likeness (QED) is 0.173. The molecule has 1 fully saturated rings. The van der Waals surface area contributed by atoms with Crippen LogP contribution in [0.5, 0.6) is 11.5 Å². The van der Waals surface area contributed by atoms with E-state index in [-0.39, 0.29) is 18.2 Å². The van der Waals surface area contributed by atoms with Crippen molar-refractivity contribution in [2.45, 2.75) is 19.7 Å². The topological polar surface area (TPSA) is 66.8 Å².